The third kappa shape index (κ3) is 1.46. The summed E-state index contributed by atoms with van der Waals surface area (Å²) in [6.07, 6.45) is 2.61. The number of hydrogen-bond donors (Lipinski definition) is 1. The number of rotatable bonds is 2. The summed E-state index contributed by atoms with van der Waals surface area (Å²) >= 11 is 6.47. The molecule has 0 amide bonds. The van der Waals surface area contributed by atoms with Crippen LogP contribution in [0.4, 0.5) is 0 Å². The molecule has 1 aliphatic rings. The Morgan fingerprint density at radius 2 is 2.00 bits per heavy atom. The summed E-state index contributed by atoms with van der Waals surface area (Å²) in [5, 5.41) is 8.90. The molecule has 1 fully saturated rings. The third-order valence-corrected chi connectivity index (χ3v) is 3.21. The van der Waals surface area contributed by atoms with Crippen molar-refractivity contribution < 1.29 is 9.90 Å². The maximum absolute atomic E-state index is 10.8. The van der Waals surface area contributed by atoms with Gasteiger partial charge in [0.05, 0.1) is 8.81 Å². The molecule has 0 saturated heterocycles. The highest BCUT2D eigenvalue weighted by Crippen LogP contribution is 2.65. The minimum atomic E-state index is -0.720. The van der Waals surface area contributed by atoms with E-state index in [2.05, 4.69) is 31.9 Å². The fourth-order valence-electron chi connectivity index (χ4n) is 1.46. The fourth-order valence-corrected chi connectivity index (χ4v) is 2.47. The van der Waals surface area contributed by atoms with Gasteiger partial charge in [0, 0.05) is 5.41 Å². The second-order valence-electron chi connectivity index (χ2n) is 3.67. The molecule has 1 N–H and O–H groups in total. The molecule has 12 heavy (non-hydrogen) atoms. The van der Waals surface area contributed by atoms with E-state index in [1.165, 1.54) is 0 Å². The lowest BCUT2D eigenvalue weighted by atomic mass is 9.97. The number of carboxylic acid groups (broad SMARTS) is 1. The van der Waals surface area contributed by atoms with E-state index in [1.807, 2.05) is 13.0 Å². The normalized spacial score (nSPS) is 39.0. The maximum Gasteiger partial charge on any atom is 0.310 e. The first-order valence-corrected chi connectivity index (χ1v) is 5.18. The van der Waals surface area contributed by atoms with E-state index >= 15 is 0 Å². The van der Waals surface area contributed by atoms with Gasteiger partial charge in [-0.1, -0.05) is 13.0 Å². The van der Waals surface area contributed by atoms with Gasteiger partial charge in [-0.05, 0) is 45.2 Å². The molecule has 0 aromatic rings. The van der Waals surface area contributed by atoms with Gasteiger partial charge in [-0.25, -0.2) is 0 Å². The van der Waals surface area contributed by atoms with Gasteiger partial charge in [-0.3, -0.25) is 4.79 Å². The number of carbonyl (C=O) groups is 1. The standard InChI is InChI=1S/C8H10Br2O2/c1-7(3-5(9)10)4-8(7,2)6(11)12/h3H,4H2,1-2H3,(H,11,12). The van der Waals surface area contributed by atoms with E-state index in [-0.39, 0.29) is 5.41 Å². The molecule has 4 heteroatoms. The van der Waals surface area contributed by atoms with Crippen LogP contribution in [0.2, 0.25) is 0 Å². The van der Waals surface area contributed by atoms with Crippen LogP contribution in [0.5, 0.6) is 0 Å². The fraction of sp³-hybridized carbons (Fsp3) is 0.625. The minimum absolute atomic E-state index is 0.207. The van der Waals surface area contributed by atoms with Crippen molar-refractivity contribution in [2.75, 3.05) is 0 Å². The molecule has 0 heterocycles. The molecular formula is C8H10Br2O2. The first-order valence-electron chi connectivity index (χ1n) is 3.59. The maximum atomic E-state index is 10.8. The van der Waals surface area contributed by atoms with E-state index < -0.39 is 11.4 Å². The zero-order valence-electron chi connectivity index (χ0n) is 6.90. The van der Waals surface area contributed by atoms with Crippen LogP contribution in [-0.4, -0.2) is 11.1 Å². The smallest absolute Gasteiger partial charge is 0.310 e. The van der Waals surface area contributed by atoms with Crippen molar-refractivity contribution in [2.45, 2.75) is 20.3 Å². The monoisotopic (exact) mass is 296 g/mol. The molecule has 0 aromatic carbocycles. The second-order valence-corrected chi connectivity index (χ2v) is 6.44. The van der Waals surface area contributed by atoms with Crippen LogP contribution in [0, 0.1) is 10.8 Å². The van der Waals surface area contributed by atoms with E-state index in [4.69, 9.17) is 5.11 Å². The first kappa shape index (κ1) is 10.3. The lowest BCUT2D eigenvalue weighted by Crippen LogP contribution is -2.17. The highest BCUT2D eigenvalue weighted by molar-refractivity contribution is 9.28. The summed E-state index contributed by atoms with van der Waals surface area (Å²) in [6.45, 7) is 3.72. The number of hydrogen-bond acceptors (Lipinski definition) is 1. The van der Waals surface area contributed by atoms with Crippen LogP contribution in [0.1, 0.15) is 20.3 Å². The van der Waals surface area contributed by atoms with Crippen LogP contribution in [0.3, 0.4) is 0 Å². The quantitative estimate of drug-likeness (QED) is 0.850. The van der Waals surface area contributed by atoms with Crippen LogP contribution >= 0.6 is 31.9 Å². The second kappa shape index (κ2) is 2.84. The highest BCUT2D eigenvalue weighted by atomic mass is 79.9. The highest BCUT2D eigenvalue weighted by Gasteiger charge is 2.65. The molecule has 1 rings (SSSR count). The molecule has 0 spiro atoms. The SMILES string of the molecule is CC1(C=C(Br)Br)CC1(C)C(=O)O. The average Bonchev–Trinajstić information content (AvgIpc) is 2.33. The zero-order valence-corrected chi connectivity index (χ0v) is 10.1. The van der Waals surface area contributed by atoms with Gasteiger partial charge in [-0.15, -0.1) is 0 Å². The van der Waals surface area contributed by atoms with Crippen molar-refractivity contribution in [1.29, 1.82) is 0 Å². The van der Waals surface area contributed by atoms with E-state index in [1.54, 1.807) is 6.92 Å². The molecule has 1 aliphatic carbocycles. The summed E-state index contributed by atoms with van der Waals surface area (Å²) in [7, 11) is 0. The third-order valence-electron chi connectivity index (χ3n) is 2.76. The lowest BCUT2D eigenvalue weighted by molar-refractivity contribution is -0.143. The number of halogens is 2. The van der Waals surface area contributed by atoms with Gasteiger partial charge in [0.2, 0.25) is 0 Å². The van der Waals surface area contributed by atoms with Gasteiger partial charge >= 0.3 is 5.97 Å². The molecule has 68 valence electrons. The van der Waals surface area contributed by atoms with Crippen molar-refractivity contribution >= 4 is 37.8 Å². The first-order chi connectivity index (χ1) is 5.32. The number of allylic oxidation sites excluding steroid dienone is 1. The van der Waals surface area contributed by atoms with Crippen molar-refractivity contribution in [1.82, 2.24) is 0 Å². The molecule has 0 bridgehead atoms. The van der Waals surface area contributed by atoms with Crippen LogP contribution in [-0.2, 0) is 4.79 Å². The lowest BCUT2D eigenvalue weighted by Gasteiger charge is -2.09. The molecule has 2 unspecified atom stereocenters. The Kier molecular flexibility index (Phi) is 2.43. The molecule has 1 saturated carbocycles. The van der Waals surface area contributed by atoms with Crippen LogP contribution in [0.15, 0.2) is 9.47 Å². The van der Waals surface area contributed by atoms with Crippen molar-refractivity contribution in [3.63, 3.8) is 0 Å². The van der Waals surface area contributed by atoms with Gasteiger partial charge in [0.15, 0.2) is 0 Å². The Bertz CT molecular complexity index is 258. The summed E-state index contributed by atoms with van der Waals surface area (Å²) in [6, 6.07) is 0. The Hall–Kier alpha value is 0.170. The summed E-state index contributed by atoms with van der Waals surface area (Å²) in [5.41, 5.74) is -0.791. The molecular weight excluding hydrogens is 288 g/mol. The van der Waals surface area contributed by atoms with Gasteiger partial charge in [-0.2, -0.15) is 0 Å². The van der Waals surface area contributed by atoms with Crippen molar-refractivity contribution in [3.05, 3.63) is 9.47 Å². The molecule has 0 aromatic heterocycles. The van der Waals surface area contributed by atoms with E-state index in [0.29, 0.717) is 6.42 Å². The van der Waals surface area contributed by atoms with Gasteiger partial charge in [0.1, 0.15) is 0 Å². The Balaban J connectivity index is 2.84. The molecule has 0 radical (unpaired) electrons. The van der Waals surface area contributed by atoms with Gasteiger partial charge < -0.3 is 5.11 Å². The van der Waals surface area contributed by atoms with E-state index in [9.17, 15) is 4.79 Å². The topological polar surface area (TPSA) is 37.3 Å². The van der Waals surface area contributed by atoms with E-state index in [0.717, 1.165) is 3.39 Å². The summed E-state index contributed by atoms with van der Waals surface area (Å²) in [5.74, 6) is -0.720. The van der Waals surface area contributed by atoms with Crippen molar-refractivity contribution in [3.8, 4) is 0 Å². The number of carboxylic acids is 1. The molecule has 2 atom stereocenters. The predicted octanol–water partition coefficient (Wildman–Crippen LogP) is 3.12. The molecule has 2 nitrogen and oxygen atoms in total. The van der Waals surface area contributed by atoms with Crippen LogP contribution < -0.4 is 0 Å². The zero-order chi connectivity index (χ0) is 9.57. The Morgan fingerprint density at radius 1 is 1.50 bits per heavy atom. The number of aliphatic carboxylic acids is 1. The molecule has 0 aliphatic heterocycles. The Morgan fingerprint density at radius 3 is 2.25 bits per heavy atom. The summed E-state index contributed by atoms with van der Waals surface area (Å²) in [4.78, 5) is 10.8. The van der Waals surface area contributed by atoms with Crippen LogP contribution in [0.25, 0.3) is 0 Å². The average molecular weight is 298 g/mol. The largest absolute Gasteiger partial charge is 0.481 e. The Labute approximate surface area is 88.3 Å². The predicted molar refractivity (Wildman–Crippen MR) is 54.4 cm³/mol. The minimum Gasteiger partial charge on any atom is -0.481 e. The summed E-state index contributed by atoms with van der Waals surface area (Å²) < 4.78 is 0.822. The van der Waals surface area contributed by atoms with Gasteiger partial charge in [0.25, 0.3) is 0 Å². The van der Waals surface area contributed by atoms with Crippen molar-refractivity contribution in [2.24, 2.45) is 10.8 Å².